The van der Waals surface area contributed by atoms with E-state index >= 15 is 0 Å². The van der Waals surface area contributed by atoms with Gasteiger partial charge in [-0.15, -0.1) is 0 Å². The Kier molecular flexibility index (Phi) is 2070. The van der Waals surface area contributed by atoms with Gasteiger partial charge in [-0.2, -0.15) is 0 Å². The molecule has 0 bridgehead atoms. The van der Waals surface area contributed by atoms with Gasteiger partial charge in [-0.25, -0.2) is 0 Å². The SMILES string of the molecule is O.[C-]#N.[C-]#N.[C-]#[O+].[C-]#[O+].[C-]#[O+].[Fe+2].[Fe+3].[S-]COC[S-].[SH-]. The molecular weight excluding hydrogens is 400 g/mol. The van der Waals surface area contributed by atoms with Crippen LogP contribution in [0.3, 0.4) is 0 Å². The van der Waals surface area contributed by atoms with E-state index in [1.807, 2.05) is 0 Å². The van der Waals surface area contributed by atoms with Crippen LogP contribution in [0.15, 0.2) is 0 Å². The summed E-state index contributed by atoms with van der Waals surface area (Å²) in [5, 5.41) is 12.5. The Morgan fingerprint density at radius 2 is 0.895 bits per heavy atom. The molecule has 0 aromatic carbocycles. The van der Waals surface area contributed by atoms with Gasteiger partial charge in [0.05, 0.1) is 0 Å². The molecule has 19 heavy (non-hydrogen) atoms. The Bertz CT molecular complexity index is 130. The second-order valence-electron chi connectivity index (χ2n) is 0.440. The molecule has 0 aromatic rings. The van der Waals surface area contributed by atoms with Gasteiger partial charge in [-0.3, -0.25) is 0 Å². The summed E-state index contributed by atoms with van der Waals surface area (Å²) in [5.74, 6) is 0.646. The van der Waals surface area contributed by atoms with Gasteiger partial charge in [-0.05, 0) is 0 Å². The summed E-state index contributed by atoms with van der Waals surface area (Å²) < 4.78 is 27.0. The summed E-state index contributed by atoms with van der Waals surface area (Å²) in [6, 6.07) is 0. The van der Waals surface area contributed by atoms with E-state index in [-0.39, 0.29) is 53.1 Å². The minimum absolute atomic E-state index is 0. The van der Waals surface area contributed by atoms with Crippen LogP contribution in [0, 0.1) is 43.6 Å². The molecule has 2 N–H and O–H groups in total. The number of ether oxygens (including phenoxy) is 1. The van der Waals surface area contributed by atoms with E-state index in [4.69, 9.17) is 37.6 Å². The summed E-state index contributed by atoms with van der Waals surface area (Å²) in [4.78, 5) is 0. The molecule has 0 aliphatic rings. The molecule has 12 heteroatoms. The molecule has 0 rings (SSSR count). The standard InChI is InChI=1S/C2H6OS2.2CN.3CO.2Fe.H2O.H2S/c4-1-3-2-5;5*1-2;;;;/h4-5H,1-2H2;;;;;;;;2*1H2/q;2*-1;;;;+2;+3;;/p-3. The first-order chi connectivity index (χ1) is 7.41. The number of hydrogen-bond donors (Lipinski definition) is 0. The number of rotatable bonds is 2. The monoisotopic (exact) mass is 407 g/mol. The van der Waals surface area contributed by atoms with Crippen molar-refractivity contribution >= 4 is 38.8 Å². The molecule has 109 valence electrons. The van der Waals surface area contributed by atoms with E-state index in [1.54, 1.807) is 0 Å². The zero-order valence-corrected chi connectivity index (χ0v) is 13.6. The van der Waals surface area contributed by atoms with Crippen molar-refractivity contribution in [1.29, 1.82) is 10.5 Å². The number of thiol groups is 1. The van der Waals surface area contributed by atoms with Crippen molar-refractivity contribution in [1.82, 2.24) is 0 Å². The van der Waals surface area contributed by atoms with Gasteiger partial charge in [-0.1, -0.05) is 11.9 Å². The smallest absolute Gasteiger partial charge is 0.813 e. The fourth-order valence-corrected chi connectivity index (χ4v) is 0.306. The van der Waals surface area contributed by atoms with Crippen LogP contribution in [0.2, 0.25) is 0 Å². The van der Waals surface area contributed by atoms with Crippen LogP contribution < -0.4 is 0 Å². The minimum Gasteiger partial charge on any atom is -0.813 e. The van der Waals surface area contributed by atoms with Gasteiger partial charge in [0.2, 0.25) is 0 Å². The van der Waals surface area contributed by atoms with E-state index < -0.39 is 0 Å². The summed E-state index contributed by atoms with van der Waals surface area (Å²) >= 11 is 8.72. The first-order valence-corrected chi connectivity index (χ1v) is 3.37. The van der Waals surface area contributed by atoms with Crippen LogP contribution in [0.25, 0.3) is 0 Å². The molecular formula is C7H7Fe2N2O5S3. The van der Waals surface area contributed by atoms with Crippen LogP contribution in [-0.4, -0.2) is 17.4 Å². The third-order valence-electron chi connectivity index (χ3n) is 0.167. The Hall–Kier alpha value is 0.209. The molecule has 0 unspecified atom stereocenters. The van der Waals surface area contributed by atoms with Crippen LogP contribution in [0.4, 0.5) is 0 Å². The van der Waals surface area contributed by atoms with E-state index in [9.17, 15) is 0 Å². The molecule has 0 aromatic heterocycles. The largest absolute Gasteiger partial charge is 3.00 e. The predicted molar refractivity (Wildman–Crippen MR) is 59.6 cm³/mol. The number of nitrogens with zero attached hydrogens (tertiary/aromatic N) is 2. The van der Waals surface area contributed by atoms with E-state index in [1.165, 1.54) is 0 Å². The molecule has 0 fully saturated rings. The van der Waals surface area contributed by atoms with Crippen LogP contribution in [0.1, 0.15) is 0 Å². The van der Waals surface area contributed by atoms with E-state index in [2.05, 4.69) is 49.9 Å². The summed E-state index contributed by atoms with van der Waals surface area (Å²) in [5.41, 5.74) is 0. The molecule has 7 nitrogen and oxygen atoms in total. The first kappa shape index (κ1) is 75.1. The van der Waals surface area contributed by atoms with Crippen LogP contribution >= 0.6 is 0 Å². The van der Waals surface area contributed by atoms with Crippen molar-refractivity contribution in [2.75, 3.05) is 11.9 Å². The minimum atomic E-state index is 0. The molecule has 0 amide bonds. The summed E-state index contributed by atoms with van der Waals surface area (Å²) in [6.45, 7) is 23.0. The van der Waals surface area contributed by atoms with Gasteiger partial charge in [0.1, 0.15) is 0 Å². The maximum atomic E-state index is 7.50. The maximum Gasteiger partial charge on any atom is 3.00 e. The zero-order chi connectivity index (χ0) is 14.1. The molecule has 1 radical (unpaired) electrons. The molecule has 0 aliphatic heterocycles. The van der Waals surface area contributed by atoms with Crippen LogP contribution in [-0.2, 0) is 91.6 Å². The van der Waals surface area contributed by atoms with Gasteiger partial charge >= 0.3 is 68.0 Å². The summed E-state index contributed by atoms with van der Waals surface area (Å²) in [6.07, 6.45) is 0. The topological polar surface area (TPSA) is 148 Å². The van der Waals surface area contributed by atoms with Gasteiger partial charge < -0.3 is 72.6 Å². The van der Waals surface area contributed by atoms with Gasteiger partial charge in [0.15, 0.2) is 0 Å². The van der Waals surface area contributed by atoms with Gasteiger partial charge in [0.25, 0.3) is 0 Å². The normalized spacial score (nSPS) is 2.74. The van der Waals surface area contributed by atoms with Crippen molar-refractivity contribution in [3.8, 4) is 0 Å². The maximum absolute atomic E-state index is 7.50. The number of hydrogen-bond acceptors (Lipinski definition) is 6. The Morgan fingerprint density at radius 3 is 0.895 bits per heavy atom. The molecule has 0 atom stereocenters. The second-order valence-corrected chi connectivity index (χ2v) is 0.911. The van der Waals surface area contributed by atoms with E-state index in [0.717, 1.165) is 0 Å². The Morgan fingerprint density at radius 1 is 0.789 bits per heavy atom. The zero-order valence-electron chi connectivity index (χ0n) is 8.91. The second kappa shape index (κ2) is 524. The quantitative estimate of drug-likeness (QED) is 0.188. The third kappa shape index (κ3) is 980. The van der Waals surface area contributed by atoms with E-state index in [0.29, 0.717) is 11.9 Å². The van der Waals surface area contributed by atoms with Gasteiger partial charge in [0, 0.05) is 0 Å². The molecule has 0 aliphatic carbocycles. The molecule has 0 saturated carbocycles. The fourth-order valence-electron chi connectivity index (χ4n) is 0.0340. The van der Waals surface area contributed by atoms with Crippen molar-refractivity contribution in [2.45, 2.75) is 0 Å². The Labute approximate surface area is 152 Å². The van der Waals surface area contributed by atoms with Crippen molar-refractivity contribution in [3.63, 3.8) is 0 Å². The average molecular weight is 407 g/mol. The molecule has 0 spiro atoms. The van der Waals surface area contributed by atoms with Crippen molar-refractivity contribution in [3.05, 3.63) is 33.1 Å². The molecule has 0 heterocycles. The predicted octanol–water partition coefficient (Wildman–Crippen LogP) is -1.01. The fraction of sp³-hybridized carbons (Fsp3) is 0.286. The van der Waals surface area contributed by atoms with Crippen molar-refractivity contribution in [2.24, 2.45) is 0 Å². The molecule has 0 saturated heterocycles. The summed E-state index contributed by atoms with van der Waals surface area (Å²) in [7, 11) is 0. The van der Waals surface area contributed by atoms with Crippen molar-refractivity contribution < 1.29 is 58.3 Å². The Balaban J connectivity index is -0.00000000652. The third-order valence-corrected chi connectivity index (χ3v) is 0.500. The first-order valence-electron chi connectivity index (χ1n) is 2.21. The van der Waals surface area contributed by atoms with Crippen LogP contribution in [0.5, 0.6) is 0 Å². The average Bonchev–Trinajstić information content (AvgIpc) is 2.42.